The average molecular weight is 348 g/mol. The lowest BCUT2D eigenvalue weighted by Crippen LogP contribution is -2.42. The molecule has 0 aliphatic heterocycles. The van der Waals surface area contributed by atoms with E-state index in [-0.39, 0.29) is 24.5 Å². The van der Waals surface area contributed by atoms with Gasteiger partial charge in [-0.2, -0.15) is 0 Å². The van der Waals surface area contributed by atoms with E-state index in [9.17, 15) is 9.59 Å². The third-order valence-corrected chi connectivity index (χ3v) is 3.96. The van der Waals surface area contributed by atoms with Crippen molar-refractivity contribution >= 4 is 11.9 Å². The third kappa shape index (κ3) is 11.3. The van der Waals surface area contributed by atoms with Gasteiger partial charge in [0.2, 0.25) is 0 Å². The zero-order chi connectivity index (χ0) is 18.3. The van der Waals surface area contributed by atoms with Gasteiger partial charge in [0.15, 0.2) is 0 Å². The summed E-state index contributed by atoms with van der Waals surface area (Å²) < 4.78 is 5.30. The van der Waals surface area contributed by atoms with Gasteiger partial charge < -0.3 is 20.2 Å². The highest BCUT2D eigenvalue weighted by Gasteiger charge is 2.13. The summed E-state index contributed by atoms with van der Waals surface area (Å²) in [5.41, 5.74) is 0.975. The molecule has 0 aliphatic carbocycles. The average Bonchev–Trinajstić information content (AvgIpc) is 2.60. The predicted octanol–water partition coefficient (Wildman–Crippen LogP) is 3.82. The molecule has 1 atom stereocenters. The molecule has 2 N–H and O–H groups in total. The standard InChI is InChI=1S/C20H32N2O3/c1-3-4-6-13-19(15-21-14-9-10-17(2)23)22-20(24)25-16-18-11-7-5-8-12-18/h5,7-8,11-12,19,21H,3-4,6,9-10,13-16H2,1-2H3,(H,22,24)/t19-/m0/s1. The number of carbonyl (C=O) groups excluding carboxylic acids is 2. The summed E-state index contributed by atoms with van der Waals surface area (Å²) in [6.07, 6.45) is 5.35. The SMILES string of the molecule is CCCCC[C@@H](CNCCCC(C)=O)NC(=O)OCc1ccccc1. The van der Waals surface area contributed by atoms with E-state index in [1.807, 2.05) is 30.3 Å². The maximum atomic E-state index is 12.0. The van der Waals surface area contributed by atoms with Crippen molar-refractivity contribution in [2.45, 2.75) is 65.0 Å². The van der Waals surface area contributed by atoms with Crippen molar-refractivity contribution in [3.63, 3.8) is 0 Å². The molecule has 0 unspecified atom stereocenters. The van der Waals surface area contributed by atoms with E-state index in [0.29, 0.717) is 13.0 Å². The van der Waals surface area contributed by atoms with Crippen molar-refractivity contribution in [3.8, 4) is 0 Å². The van der Waals surface area contributed by atoms with E-state index < -0.39 is 0 Å². The number of benzene rings is 1. The fraction of sp³-hybridized carbons (Fsp3) is 0.600. The van der Waals surface area contributed by atoms with Crippen LogP contribution in [0.4, 0.5) is 4.79 Å². The number of ether oxygens (including phenoxy) is 1. The minimum absolute atomic E-state index is 0.0483. The van der Waals surface area contributed by atoms with E-state index in [4.69, 9.17) is 4.74 Å². The zero-order valence-electron chi connectivity index (χ0n) is 15.6. The minimum Gasteiger partial charge on any atom is -0.445 e. The van der Waals surface area contributed by atoms with Gasteiger partial charge >= 0.3 is 6.09 Å². The molecule has 1 rings (SSSR count). The van der Waals surface area contributed by atoms with Gasteiger partial charge in [-0.25, -0.2) is 4.79 Å². The van der Waals surface area contributed by atoms with E-state index in [1.165, 1.54) is 0 Å². The molecule has 1 amide bonds. The summed E-state index contributed by atoms with van der Waals surface area (Å²) in [5, 5.41) is 6.28. The van der Waals surface area contributed by atoms with Gasteiger partial charge in [0.1, 0.15) is 12.4 Å². The second-order valence-corrected chi connectivity index (χ2v) is 6.41. The van der Waals surface area contributed by atoms with Gasteiger partial charge in [-0.05, 0) is 31.9 Å². The van der Waals surface area contributed by atoms with Crippen molar-refractivity contribution in [3.05, 3.63) is 35.9 Å². The van der Waals surface area contributed by atoms with E-state index >= 15 is 0 Å². The zero-order valence-corrected chi connectivity index (χ0v) is 15.6. The van der Waals surface area contributed by atoms with Gasteiger partial charge in [0.25, 0.3) is 0 Å². The predicted molar refractivity (Wildman–Crippen MR) is 100 cm³/mol. The lowest BCUT2D eigenvalue weighted by molar-refractivity contribution is -0.117. The first-order valence-corrected chi connectivity index (χ1v) is 9.29. The van der Waals surface area contributed by atoms with E-state index in [0.717, 1.165) is 44.2 Å². The molecule has 5 heteroatoms. The van der Waals surface area contributed by atoms with Crippen molar-refractivity contribution in [1.29, 1.82) is 0 Å². The molecule has 0 heterocycles. The van der Waals surface area contributed by atoms with Crippen molar-refractivity contribution in [2.75, 3.05) is 13.1 Å². The molecule has 0 saturated carbocycles. The molecule has 0 aliphatic rings. The summed E-state index contributed by atoms with van der Waals surface area (Å²) in [7, 11) is 0. The molecule has 0 bridgehead atoms. The monoisotopic (exact) mass is 348 g/mol. The van der Waals surface area contributed by atoms with Crippen LogP contribution >= 0.6 is 0 Å². The quantitative estimate of drug-likeness (QED) is 0.532. The van der Waals surface area contributed by atoms with E-state index in [1.54, 1.807) is 6.92 Å². The Kier molecular flexibility index (Phi) is 11.4. The lowest BCUT2D eigenvalue weighted by Gasteiger charge is -2.19. The normalized spacial score (nSPS) is 11.8. The Balaban J connectivity index is 2.32. The Labute approximate surface area is 151 Å². The summed E-state index contributed by atoms with van der Waals surface area (Å²) in [6, 6.07) is 9.70. The molecule has 140 valence electrons. The van der Waals surface area contributed by atoms with Gasteiger partial charge in [-0.15, -0.1) is 0 Å². The number of carbonyl (C=O) groups is 2. The smallest absolute Gasteiger partial charge is 0.407 e. The summed E-state index contributed by atoms with van der Waals surface area (Å²) >= 11 is 0. The molecule has 0 aromatic heterocycles. The molecular formula is C20H32N2O3. The van der Waals surface area contributed by atoms with Crippen molar-refractivity contribution in [1.82, 2.24) is 10.6 Å². The van der Waals surface area contributed by atoms with Crippen molar-refractivity contribution in [2.24, 2.45) is 0 Å². The Hall–Kier alpha value is -1.88. The first-order chi connectivity index (χ1) is 12.1. The van der Waals surface area contributed by atoms with Crippen LogP contribution in [0.25, 0.3) is 0 Å². The molecule has 5 nitrogen and oxygen atoms in total. The lowest BCUT2D eigenvalue weighted by atomic mass is 10.1. The molecule has 25 heavy (non-hydrogen) atoms. The molecule has 0 radical (unpaired) electrons. The van der Waals surface area contributed by atoms with Gasteiger partial charge in [0.05, 0.1) is 0 Å². The fourth-order valence-corrected chi connectivity index (χ4v) is 2.54. The number of ketones is 1. The Morgan fingerprint density at radius 2 is 1.88 bits per heavy atom. The van der Waals surface area contributed by atoms with Crippen LogP contribution in [0.15, 0.2) is 30.3 Å². The third-order valence-electron chi connectivity index (χ3n) is 3.96. The topological polar surface area (TPSA) is 67.4 Å². The highest BCUT2D eigenvalue weighted by atomic mass is 16.5. The largest absolute Gasteiger partial charge is 0.445 e. The van der Waals surface area contributed by atoms with Crippen LogP contribution in [-0.4, -0.2) is 31.0 Å². The maximum Gasteiger partial charge on any atom is 0.407 e. The summed E-state index contributed by atoms with van der Waals surface area (Å²) in [4.78, 5) is 23.0. The van der Waals surface area contributed by atoms with Crippen LogP contribution in [0.3, 0.4) is 0 Å². The molecule has 1 aromatic carbocycles. The van der Waals surface area contributed by atoms with Gasteiger partial charge in [-0.1, -0.05) is 56.5 Å². The molecule has 0 fully saturated rings. The maximum absolute atomic E-state index is 12.0. The van der Waals surface area contributed by atoms with Crippen LogP contribution < -0.4 is 10.6 Å². The number of unbranched alkanes of at least 4 members (excludes halogenated alkanes) is 2. The number of nitrogens with one attached hydrogen (secondary N) is 2. The molecule has 0 saturated heterocycles. The number of rotatable bonds is 13. The fourth-order valence-electron chi connectivity index (χ4n) is 2.54. The van der Waals surface area contributed by atoms with Crippen LogP contribution in [0, 0.1) is 0 Å². The number of hydrogen-bond acceptors (Lipinski definition) is 4. The molecular weight excluding hydrogens is 316 g/mol. The summed E-state index contributed by atoms with van der Waals surface area (Å²) in [5.74, 6) is 0.212. The minimum atomic E-state index is -0.379. The second kappa shape index (κ2) is 13.4. The second-order valence-electron chi connectivity index (χ2n) is 6.41. The highest BCUT2D eigenvalue weighted by Crippen LogP contribution is 2.05. The first kappa shape index (κ1) is 21.2. The number of amides is 1. The van der Waals surface area contributed by atoms with Crippen molar-refractivity contribution < 1.29 is 14.3 Å². The molecule has 0 spiro atoms. The number of Topliss-reactive ketones (excluding diaryl/α,β-unsaturated/α-hetero) is 1. The first-order valence-electron chi connectivity index (χ1n) is 9.29. The Morgan fingerprint density at radius 3 is 2.56 bits per heavy atom. The highest BCUT2D eigenvalue weighted by molar-refractivity contribution is 5.75. The van der Waals surface area contributed by atoms with Crippen LogP contribution in [-0.2, 0) is 16.1 Å². The number of alkyl carbamates (subject to hydrolysis) is 1. The van der Waals surface area contributed by atoms with E-state index in [2.05, 4.69) is 17.6 Å². The van der Waals surface area contributed by atoms with Gasteiger partial charge in [-0.3, -0.25) is 0 Å². The summed E-state index contributed by atoms with van der Waals surface area (Å²) in [6.45, 7) is 5.53. The van der Waals surface area contributed by atoms with Crippen LogP contribution in [0.5, 0.6) is 0 Å². The number of hydrogen-bond donors (Lipinski definition) is 2. The van der Waals surface area contributed by atoms with Crippen LogP contribution in [0.2, 0.25) is 0 Å². The van der Waals surface area contributed by atoms with Crippen LogP contribution in [0.1, 0.15) is 57.9 Å². The van der Waals surface area contributed by atoms with Gasteiger partial charge in [0, 0.05) is 19.0 Å². The molecule has 1 aromatic rings. The Bertz CT molecular complexity index is 491. The Morgan fingerprint density at radius 1 is 1.12 bits per heavy atom.